The lowest BCUT2D eigenvalue weighted by Gasteiger charge is -2.07. The molecule has 3 aromatic heterocycles. The summed E-state index contributed by atoms with van der Waals surface area (Å²) < 4.78 is 12.1. The van der Waals surface area contributed by atoms with Gasteiger partial charge in [-0.2, -0.15) is 9.61 Å². The number of aromatic nitrogens is 3. The summed E-state index contributed by atoms with van der Waals surface area (Å²) in [5.41, 5.74) is 1.19. The lowest BCUT2D eigenvalue weighted by Crippen LogP contribution is -2.03. The fraction of sp³-hybridized carbons (Fsp3) is 0.0588. The van der Waals surface area contributed by atoms with Crippen LogP contribution in [0.15, 0.2) is 59.2 Å². The van der Waals surface area contributed by atoms with E-state index in [0.29, 0.717) is 22.8 Å². The first kappa shape index (κ1) is 15.6. The zero-order chi connectivity index (χ0) is 18.1. The molecule has 0 radical (unpaired) electrons. The second-order valence-corrected chi connectivity index (χ2v) is 5.40. The second-order valence-electron chi connectivity index (χ2n) is 5.40. The van der Waals surface area contributed by atoms with Crippen LogP contribution < -0.4 is 4.74 Å². The van der Waals surface area contributed by atoms with Gasteiger partial charge in [-0.1, -0.05) is 12.1 Å². The van der Waals surface area contributed by atoms with Gasteiger partial charge in [-0.05, 0) is 18.2 Å². The van der Waals surface area contributed by atoms with E-state index in [4.69, 9.17) is 9.15 Å². The number of ether oxygens (including phenoxy) is 1. The Labute approximate surface area is 146 Å². The molecular weight excluding hydrogens is 340 g/mol. The maximum absolute atomic E-state index is 11.0. The number of rotatable bonds is 5. The SMILES string of the molecule is O=[N+]([O-])c1ccccc1OCc1cc(O)n2nc(-c3ccco3)cc2n1. The topological polar surface area (TPSA) is 116 Å². The quantitative estimate of drug-likeness (QED) is 0.433. The number of nitro benzene ring substituents is 1. The third-order valence-corrected chi connectivity index (χ3v) is 3.67. The highest BCUT2D eigenvalue weighted by molar-refractivity contribution is 5.59. The van der Waals surface area contributed by atoms with Crippen molar-refractivity contribution >= 4 is 11.3 Å². The van der Waals surface area contributed by atoms with Crippen LogP contribution >= 0.6 is 0 Å². The van der Waals surface area contributed by atoms with Gasteiger partial charge in [-0.3, -0.25) is 10.1 Å². The molecule has 0 saturated heterocycles. The lowest BCUT2D eigenvalue weighted by molar-refractivity contribution is -0.385. The fourth-order valence-electron chi connectivity index (χ4n) is 2.51. The number of hydrogen-bond donors (Lipinski definition) is 1. The van der Waals surface area contributed by atoms with Crippen LogP contribution in [0.1, 0.15) is 5.69 Å². The summed E-state index contributed by atoms with van der Waals surface area (Å²) in [5, 5.41) is 25.4. The van der Waals surface area contributed by atoms with Gasteiger partial charge in [0.1, 0.15) is 12.3 Å². The summed E-state index contributed by atoms with van der Waals surface area (Å²) in [7, 11) is 0. The highest BCUT2D eigenvalue weighted by Gasteiger charge is 2.15. The molecule has 4 aromatic rings. The van der Waals surface area contributed by atoms with E-state index in [1.54, 1.807) is 30.3 Å². The van der Waals surface area contributed by atoms with E-state index in [1.165, 1.54) is 29.0 Å². The molecule has 0 unspecified atom stereocenters. The van der Waals surface area contributed by atoms with Crippen molar-refractivity contribution in [2.75, 3.05) is 0 Å². The van der Waals surface area contributed by atoms with Crippen molar-refractivity contribution in [1.82, 2.24) is 14.6 Å². The predicted octanol–water partition coefficient (Wildman–Crippen LogP) is 3.18. The largest absolute Gasteiger partial charge is 0.493 e. The van der Waals surface area contributed by atoms with Crippen molar-refractivity contribution < 1.29 is 19.2 Å². The molecule has 9 nitrogen and oxygen atoms in total. The zero-order valence-corrected chi connectivity index (χ0v) is 13.3. The summed E-state index contributed by atoms with van der Waals surface area (Å²) in [6.45, 7) is -0.0455. The standard InChI is InChI=1S/C17H12N4O5/c22-17-8-11(10-26-15-5-2-1-4-13(15)21(23)24)18-16-9-12(19-20(16)17)14-6-3-7-25-14/h1-9,22H,10H2. The van der Waals surface area contributed by atoms with Gasteiger partial charge in [0.25, 0.3) is 0 Å². The third kappa shape index (κ3) is 2.81. The minimum atomic E-state index is -0.518. The molecule has 9 heteroatoms. The molecule has 3 heterocycles. The first-order chi connectivity index (χ1) is 12.6. The van der Waals surface area contributed by atoms with Crippen LogP contribution in [0, 0.1) is 10.1 Å². The summed E-state index contributed by atoms with van der Waals surface area (Å²) in [6, 6.07) is 12.6. The van der Waals surface area contributed by atoms with Crippen LogP contribution in [0.25, 0.3) is 17.1 Å². The Kier molecular flexibility index (Phi) is 3.73. The molecule has 1 N–H and O–H groups in total. The first-order valence-electron chi connectivity index (χ1n) is 7.60. The van der Waals surface area contributed by atoms with E-state index in [1.807, 2.05) is 0 Å². The van der Waals surface area contributed by atoms with Crippen molar-refractivity contribution in [2.45, 2.75) is 6.61 Å². The van der Waals surface area contributed by atoms with E-state index in [0.717, 1.165) is 0 Å². The zero-order valence-electron chi connectivity index (χ0n) is 13.3. The summed E-state index contributed by atoms with van der Waals surface area (Å²) in [5.74, 6) is 0.546. The highest BCUT2D eigenvalue weighted by atomic mass is 16.6. The number of benzene rings is 1. The molecule has 130 valence electrons. The summed E-state index contributed by atoms with van der Waals surface area (Å²) >= 11 is 0. The molecular formula is C17H12N4O5. The van der Waals surface area contributed by atoms with E-state index in [2.05, 4.69) is 10.1 Å². The normalized spacial score (nSPS) is 10.9. The van der Waals surface area contributed by atoms with Crippen LogP contribution in [0.3, 0.4) is 0 Å². The van der Waals surface area contributed by atoms with Gasteiger partial charge in [0, 0.05) is 18.2 Å². The molecule has 0 aliphatic heterocycles. The number of furan rings is 1. The van der Waals surface area contributed by atoms with Crippen molar-refractivity contribution in [3.05, 3.63) is 70.6 Å². The molecule has 0 bridgehead atoms. The number of fused-ring (bicyclic) bond motifs is 1. The smallest absolute Gasteiger partial charge is 0.310 e. The fourth-order valence-corrected chi connectivity index (χ4v) is 2.51. The Hall–Kier alpha value is -3.88. The second kappa shape index (κ2) is 6.20. The van der Waals surface area contributed by atoms with Gasteiger partial charge in [-0.25, -0.2) is 4.98 Å². The molecule has 0 spiro atoms. The number of nitrogens with zero attached hydrogens (tertiary/aromatic N) is 4. The molecule has 0 saturated carbocycles. The maximum atomic E-state index is 11.0. The molecule has 26 heavy (non-hydrogen) atoms. The molecule has 0 aliphatic carbocycles. The number of nitro groups is 1. The van der Waals surface area contributed by atoms with Gasteiger partial charge in [0.15, 0.2) is 17.2 Å². The van der Waals surface area contributed by atoms with E-state index < -0.39 is 4.92 Å². The highest BCUT2D eigenvalue weighted by Crippen LogP contribution is 2.27. The molecule has 0 amide bonds. The number of para-hydroxylation sites is 2. The van der Waals surface area contributed by atoms with Crippen LogP contribution in [0.4, 0.5) is 5.69 Å². The maximum Gasteiger partial charge on any atom is 0.310 e. The number of hydrogen-bond acceptors (Lipinski definition) is 7. The summed E-state index contributed by atoms with van der Waals surface area (Å²) in [4.78, 5) is 14.9. The van der Waals surface area contributed by atoms with Gasteiger partial charge in [0.2, 0.25) is 5.88 Å². The Morgan fingerprint density at radius 1 is 1.23 bits per heavy atom. The Balaban J connectivity index is 1.63. The molecule has 4 rings (SSSR count). The molecule has 0 atom stereocenters. The van der Waals surface area contributed by atoms with Crippen molar-refractivity contribution in [3.63, 3.8) is 0 Å². The van der Waals surface area contributed by atoms with E-state index >= 15 is 0 Å². The Morgan fingerprint density at radius 2 is 2.08 bits per heavy atom. The van der Waals surface area contributed by atoms with Crippen molar-refractivity contribution in [3.8, 4) is 23.1 Å². The minimum Gasteiger partial charge on any atom is -0.493 e. The van der Waals surface area contributed by atoms with Crippen LogP contribution in [0.2, 0.25) is 0 Å². The minimum absolute atomic E-state index is 0.0455. The van der Waals surface area contributed by atoms with Gasteiger partial charge >= 0.3 is 5.69 Å². The third-order valence-electron chi connectivity index (χ3n) is 3.67. The Bertz CT molecular complexity index is 1090. The van der Waals surface area contributed by atoms with Gasteiger partial charge in [-0.15, -0.1) is 0 Å². The van der Waals surface area contributed by atoms with Gasteiger partial charge in [0.05, 0.1) is 16.9 Å². The van der Waals surface area contributed by atoms with Gasteiger partial charge < -0.3 is 14.3 Å². The lowest BCUT2D eigenvalue weighted by atomic mass is 10.3. The van der Waals surface area contributed by atoms with E-state index in [9.17, 15) is 15.2 Å². The van der Waals surface area contributed by atoms with E-state index in [-0.39, 0.29) is 23.9 Å². The molecule has 0 fully saturated rings. The molecule has 1 aromatic carbocycles. The van der Waals surface area contributed by atoms with Crippen LogP contribution in [0.5, 0.6) is 11.6 Å². The average Bonchev–Trinajstić information content (AvgIpc) is 3.29. The molecule has 0 aliphatic rings. The number of aromatic hydroxyl groups is 1. The monoisotopic (exact) mass is 352 g/mol. The van der Waals surface area contributed by atoms with Crippen molar-refractivity contribution in [1.29, 1.82) is 0 Å². The van der Waals surface area contributed by atoms with Crippen molar-refractivity contribution in [2.24, 2.45) is 0 Å². The van der Waals surface area contributed by atoms with Crippen LogP contribution in [-0.2, 0) is 6.61 Å². The summed E-state index contributed by atoms with van der Waals surface area (Å²) in [6.07, 6.45) is 1.53. The first-order valence-corrected chi connectivity index (χ1v) is 7.60. The predicted molar refractivity (Wildman–Crippen MR) is 89.8 cm³/mol. The average molecular weight is 352 g/mol. The Morgan fingerprint density at radius 3 is 2.85 bits per heavy atom. The van der Waals surface area contributed by atoms with Crippen LogP contribution in [-0.4, -0.2) is 24.6 Å².